The number of carbonyl (C=O) groups is 2. The summed E-state index contributed by atoms with van der Waals surface area (Å²) in [4.78, 5) is 26.7. The van der Waals surface area contributed by atoms with Crippen LogP contribution >= 0.6 is 27.7 Å². The zero-order valence-electron chi connectivity index (χ0n) is 15.7. The minimum absolute atomic E-state index is 0.133. The molecule has 0 unspecified atom stereocenters. The molecule has 5 nitrogen and oxygen atoms in total. The lowest BCUT2D eigenvalue weighted by atomic mass is 10.1. The number of rotatable bonds is 7. The molecule has 3 rings (SSSR count). The van der Waals surface area contributed by atoms with E-state index in [9.17, 15) is 9.59 Å². The molecule has 29 heavy (non-hydrogen) atoms. The van der Waals surface area contributed by atoms with Crippen molar-refractivity contribution in [2.24, 2.45) is 0 Å². The molecule has 0 aliphatic carbocycles. The van der Waals surface area contributed by atoms with Gasteiger partial charge in [0, 0.05) is 4.47 Å². The first-order chi connectivity index (χ1) is 14.0. The third kappa shape index (κ3) is 5.22. The molecule has 1 fully saturated rings. The first-order valence-electron chi connectivity index (χ1n) is 8.84. The topological polar surface area (TPSA) is 55.8 Å². The van der Waals surface area contributed by atoms with Crippen LogP contribution in [0.3, 0.4) is 0 Å². The van der Waals surface area contributed by atoms with E-state index >= 15 is 0 Å². The number of terminal acetylenes is 1. The van der Waals surface area contributed by atoms with E-state index in [0.29, 0.717) is 23.0 Å². The van der Waals surface area contributed by atoms with E-state index in [1.54, 1.807) is 24.3 Å². The van der Waals surface area contributed by atoms with Gasteiger partial charge in [-0.15, -0.1) is 6.42 Å². The molecule has 0 N–H and O–H groups in total. The number of benzene rings is 2. The van der Waals surface area contributed by atoms with Gasteiger partial charge in [0.25, 0.3) is 11.1 Å². The number of hydrogen-bond donors (Lipinski definition) is 0. The molecule has 1 heterocycles. The molecule has 0 saturated carbocycles. The van der Waals surface area contributed by atoms with Gasteiger partial charge in [-0.25, -0.2) is 0 Å². The largest absolute Gasteiger partial charge is 0.490 e. The van der Waals surface area contributed by atoms with Crippen LogP contribution in [0.5, 0.6) is 11.5 Å². The first kappa shape index (κ1) is 21.0. The molecule has 2 aromatic rings. The van der Waals surface area contributed by atoms with Crippen molar-refractivity contribution in [2.75, 3.05) is 13.2 Å². The van der Waals surface area contributed by atoms with E-state index in [4.69, 9.17) is 15.9 Å². The van der Waals surface area contributed by atoms with Gasteiger partial charge in [-0.1, -0.05) is 40.0 Å². The summed E-state index contributed by atoms with van der Waals surface area (Å²) in [6.07, 6.45) is 6.92. The third-order valence-corrected chi connectivity index (χ3v) is 5.44. The highest BCUT2D eigenvalue weighted by Gasteiger charge is 2.35. The van der Waals surface area contributed by atoms with Gasteiger partial charge in [0.2, 0.25) is 0 Å². The van der Waals surface area contributed by atoms with Crippen molar-refractivity contribution in [1.82, 2.24) is 4.90 Å². The Morgan fingerprint density at radius 3 is 2.59 bits per heavy atom. The highest BCUT2D eigenvalue weighted by molar-refractivity contribution is 9.10. The fourth-order valence-electron chi connectivity index (χ4n) is 2.68. The molecule has 0 radical (unpaired) electrons. The molecule has 1 aliphatic rings. The molecule has 2 amide bonds. The second-order valence-corrected chi connectivity index (χ2v) is 7.94. The van der Waals surface area contributed by atoms with Crippen LogP contribution in [0.1, 0.15) is 18.1 Å². The van der Waals surface area contributed by atoms with Crippen LogP contribution in [-0.4, -0.2) is 29.3 Å². The summed E-state index contributed by atoms with van der Waals surface area (Å²) in [6.45, 7) is 2.69. The summed E-state index contributed by atoms with van der Waals surface area (Å²) in [6, 6.07) is 12.8. The lowest BCUT2D eigenvalue weighted by Crippen LogP contribution is -2.27. The molecular formula is C22H18BrNO4S. The Bertz CT molecular complexity index is 995. The number of amides is 2. The number of carbonyl (C=O) groups excluding carboxylic acids is 2. The van der Waals surface area contributed by atoms with Crippen LogP contribution in [0.25, 0.3) is 6.08 Å². The quantitative estimate of drug-likeness (QED) is 0.415. The molecule has 0 spiro atoms. The van der Waals surface area contributed by atoms with Crippen LogP contribution in [0.2, 0.25) is 0 Å². The Balaban J connectivity index is 1.80. The van der Waals surface area contributed by atoms with Crippen LogP contribution in [0.15, 0.2) is 51.8 Å². The summed E-state index contributed by atoms with van der Waals surface area (Å²) in [5.74, 6) is 3.17. The Hall–Kier alpha value is -2.69. The number of halogens is 1. The van der Waals surface area contributed by atoms with Gasteiger partial charge in [0.15, 0.2) is 11.5 Å². The van der Waals surface area contributed by atoms with Gasteiger partial charge in [-0.05, 0) is 60.2 Å². The average molecular weight is 472 g/mol. The maximum absolute atomic E-state index is 12.7. The van der Waals surface area contributed by atoms with Crippen LogP contribution in [0.4, 0.5) is 4.79 Å². The molecule has 0 bridgehead atoms. The van der Waals surface area contributed by atoms with E-state index < -0.39 is 0 Å². The second kappa shape index (κ2) is 9.68. The summed E-state index contributed by atoms with van der Waals surface area (Å²) in [5, 5.41) is -0.289. The summed E-state index contributed by atoms with van der Waals surface area (Å²) >= 11 is 4.30. The molecule has 7 heteroatoms. The Morgan fingerprint density at radius 1 is 1.14 bits per heavy atom. The fraction of sp³-hybridized carbons (Fsp3) is 0.182. The van der Waals surface area contributed by atoms with Gasteiger partial charge >= 0.3 is 0 Å². The monoisotopic (exact) mass is 471 g/mol. The van der Waals surface area contributed by atoms with Crippen molar-refractivity contribution in [3.8, 4) is 23.8 Å². The smallest absolute Gasteiger partial charge is 0.293 e. The number of thioether (sulfide) groups is 1. The highest BCUT2D eigenvalue weighted by Crippen LogP contribution is 2.35. The first-order valence-corrected chi connectivity index (χ1v) is 10.5. The summed E-state index contributed by atoms with van der Waals surface area (Å²) in [5.41, 5.74) is 1.61. The van der Waals surface area contributed by atoms with Crippen LogP contribution in [0, 0.1) is 12.3 Å². The Kier molecular flexibility index (Phi) is 7.02. The SMILES string of the molecule is C#CCOc1ccc(/C=C2\SC(=O)N(Cc3ccc(Br)cc3)C2=O)cc1OCC. The van der Waals surface area contributed by atoms with Gasteiger partial charge < -0.3 is 9.47 Å². The number of nitrogens with zero attached hydrogens (tertiary/aromatic N) is 1. The van der Waals surface area contributed by atoms with E-state index in [2.05, 4.69) is 21.9 Å². The standard InChI is InChI=1S/C22H18BrNO4S/c1-3-11-28-18-10-7-16(12-19(18)27-4-2)13-20-21(25)24(22(26)29-20)14-15-5-8-17(23)9-6-15/h1,5-10,12-13H,4,11,14H2,2H3/b20-13-. The minimum atomic E-state index is -0.312. The lowest BCUT2D eigenvalue weighted by molar-refractivity contribution is -0.123. The van der Waals surface area contributed by atoms with E-state index in [-0.39, 0.29) is 24.3 Å². The molecule has 1 aliphatic heterocycles. The van der Waals surface area contributed by atoms with Gasteiger partial charge in [0.1, 0.15) is 6.61 Å². The van der Waals surface area contributed by atoms with E-state index in [1.165, 1.54) is 4.90 Å². The predicted molar refractivity (Wildman–Crippen MR) is 118 cm³/mol. The normalized spacial score (nSPS) is 14.9. The molecule has 148 valence electrons. The highest BCUT2D eigenvalue weighted by atomic mass is 79.9. The van der Waals surface area contributed by atoms with Gasteiger partial charge in [-0.3, -0.25) is 14.5 Å². The number of ether oxygens (including phenoxy) is 2. The van der Waals surface area contributed by atoms with Crippen molar-refractivity contribution in [3.05, 3.63) is 63.0 Å². The Labute approximate surface area is 182 Å². The summed E-state index contributed by atoms with van der Waals surface area (Å²) in [7, 11) is 0. The van der Waals surface area contributed by atoms with Gasteiger partial charge in [0.05, 0.1) is 18.1 Å². The van der Waals surface area contributed by atoms with Crippen molar-refractivity contribution in [3.63, 3.8) is 0 Å². The van der Waals surface area contributed by atoms with Crippen molar-refractivity contribution >= 4 is 44.9 Å². The second-order valence-electron chi connectivity index (χ2n) is 6.03. The average Bonchev–Trinajstić information content (AvgIpc) is 2.96. The van der Waals surface area contributed by atoms with Crippen molar-refractivity contribution in [1.29, 1.82) is 0 Å². The van der Waals surface area contributed by atoms with Crippen molar-refractivity contribution in [2.45, 2.75) is 13.5 Å². The fourth-order valence-corrected chi connectivity index (χ4v) is 3.78. The maximum atomic E-state index is 12.7. The minimum Gasteiger partial charge on any atom is -0.490 e. The molecule has 0 aromatic heterocycles. The molecular weight excluding hydrogens is 454 g/mol. The van der Waals surface area contributed by atoms with Crippen LogP contribution < -0.4 is 9.47 Å². The lowest BCUT2D eigenvalue weighted by Gasteiger charge is -2.12. The van der Waals surface area contributed by atoms with Crippen molar-refractivity contribution < 1.29 is 19.1 Å². The molecule has 2 aromatic carbocycles. The number of imide groups is 1. The number of hydrogen-bond acceptors (Lipinski definition) is 5. The maximum Gasteiger partial charge on any atom is 0.293 e. The zero-order chi connectivity index (χ0) is 20.8. The zero-order valence-corrected chi connectivity index (χ0v) is 18.1. The third-order valence-electron chi connectivity index (χ3n) is 4.00. The van der Waals surface area contributed by atoms with E-state index in [0.717, 1.165) is 27.4 Å². The Morgan fingerprint density at radius 2 is 1.90 bits per heavy atom. The predicted octanol–water partition coefficient (Wildman–Crippen LogP) is 5.10. The van der Waals surface area contributed by atoms with Gasteiger partial charge in [-0.2, -0.15) is 0 Å². The molecule has 0 atom stereocenters. The summed E-state index contributed by atoms with van der Waals surface area (Å²) < 4.78 is 12.0. The van der Waals surface area contributed by atoms with E-state index in [1.807, 2.05) is 31.2 Å². The molecule has 1 saturated heterocycles. The van der Waals surface area contributed by atoms with Crippen LogP contribution in [-0.2, 0) is 11.3 Å².